The van der Waals surface area contributed by atoms with Crippen LogP contribution < -0.4 is 21.3 Å². The number of rotatable bonds is 13. The molecule has 2 aromatic carbocycles. The van der Waals surface area contributed by atoms with Crippen LogP contribution in [0.2, 0.25) is 0 Å². The topological polar surface area (TPSA) is 175 Å². The highest BCUT2D eigenvalue weighted by Gasteiger charge is 2.22. The number of anilines is 4. The summed E-state index contributed by atoms with van der Waals surface area (Å²) in [5.41, 5.74) is 3.43. The zero-order valence-electron chi connectivity index (χ0n) is 33.3. The molecule has 7 rings (SSSR count). The lowest BCUT2D eigenvalue weighted by Gasteiger charge is -2.34. The number of aromatic nitrogens is 6. The van der Waals surface area contributed by atoms with Gasteiger partial charge in [0.1, 0.15) is 22.9 Å². The van der Waals surface area contributed by atoms with Crippen molar-refractivity contribution in [3.05, 3.63) is 100 Å². The lowest BCUT2D eigenvalue weighted by atomic mass is 10.1. The van der Waals surface area contributed by atoms with Crippen LogP contribution in [0.25, 0.3) is 22.3 Å². The molecule has 0 unspecified atom stereocenters. The lowest BCUT2D eigenvalue weighted by molar-refractivity contribution is -0.125. The van der Waals surface area contributed by atoms with Crippen molar-refractivity contribution in [1.82, 2.24) is 44.6 Å². The summed E-state index contributed by atoms with van der Waals surface area (Å²) in [7, 11) is 0. The summed E-state index contributed by atoms with van der Waals surface area (Å²) in [4.78, 5) is 65.3. The summed E-state index contributed by atoms with van der Waals surface area (Å²) in [5.74, 6) is -1.15. The third-order valence-electron chi connectivity index (χ3n) is 9.90. The zero-order chi connectivity index (χ0) is 41.8. The van der Waals surface area contributed by atoms with Crippen LogP contribution in [0.5, 0.6) is 0 Å². The van der Waals surface area contributed by atoms with E-state index in [0.717, 1.165) is 35.4 Å². The smallest absolute Gasteiger partial charge is 0.259 e. The molecule has 1 fully saturated rings. The number of imidazole rings is 1. The minimum absolute atomic E-state index is 0.0252. The number of piperazine rings is 1. The minimum atomic E-state index is -0.687. The molecule has 0 atom stereocenters. The van der Waals surface area contributed by atoms with Gasteiger partial charge in [0.2, 0.25) is 17.8 Å². The Bertz CT molecular complexity index is 2500. The number of aryl methyl sites for hydroxylation is 3. The molecule has 18 heteroatoms. The van der Waals surface area contributed by atoms with Gasteiger partial charge in [-0.2, -0.15) is 0 Å². The van der Waals surface area contributed by atoms with Gasteiger partial charge in [0, 0.05) is 55.4 Å². The first kappa shape index (κ1) is 40.9. The van der Waals surface area contributed by atoms with Gasteiger partial charge in [-0.1, -0.05) is 18.2 Å². The van der Waals surface area contributed by atoms with Crippen molar-refractivity contribution in [3.8, 4) is 11.3 Å². The van der Waals surface area contributed by atoms with E-state index >= 15 is 8.78 Å². The summed E-state index contributed by atoms with van der Waals surface area (Å²) in [6.45, 7) is 12.9. The van der Waals surface area contributed by atoms with Crippen molar-refractivity contribution in [2.24, 2.45) is 0 Å². The molecule has 1 aliphatic rings. The summed E-state index contributed by atoms with van der Waals surface area (Å²) in [6, 6.07) is 13.3. The highest BCUT2D eigenvalue weighted by atomic mass is 32.1. The fraction of sp³-hybridized carbons (Fsp3) is 0.317. The molecule has 5 heterocycles. The van der Waals surface area contributed by atoms with Crippen LogP contribution in [0.3, 0.4) is 0 Å². The Kier molecular flexibility index (Phi) is 12.3. The molecule has 1 saturated heterocycles. The first-order valence-corrected chi connectivity index (χ1v) is 19.9. The molecule has 4 N–H and O–H groups in total. The third kappa shape index (κ3) is 9.73. The molecule has 15 nitrogen and oxygen atoms in total. The summed E-state index contributed by atoms with van der Waals surface area (Å²) in [6.07, 6.45) is 2.78. The largest absolute Gasteiger partial charge is 0.346 e. The molecule has 306 valence electrons. The predicted octanol–water partition coefficient (Wildman–Crippen LogP) is 6.00. The maximum Gasteiger partial charge on any atom is 0.259 e. The second kappa shape index (κ2) is 17.7. The second-order valence-electron chi connectivity index (χ2n) is 14.6. The van der Waals surface area contributed by atoms with Crippen LogP contribution >= 0.6 is 11.3 Å². The number of hydrogen-bond acceptors (Lipinski definition) is 12. The van der Waals surface area contributed by atoms with Crippen molar-refractivity contribution in [2.45, 2.75) is 47.2 Å². The van der Waals surface area contributed by atoms with Gasteiger partial charge < -0.3 is 20.5 Å². The van der Waals surface area contributed by atoms with Crippen LogP contribution in [0.4, 0.5) is 31.4 Å². The summed E-state index contributed by atoms with van der Waals surface area (Å²) < 4.78 is 32.0. The number of halogens is 2. The Balaban J connectivity index is 0.861. The van der Waals surface area contributed by atoms with Crippen molar-refractivity contribution in [2.75, 3.05) is 55.2 Å². The van der Waals surface area contributed by atoms with Crippen molar-refractivity contribution >= 4 is 62.7 Å². The first-order valence-electron chi connectivity index (χ1n) is 19.1. The highest BCUT2D eigenvalue weighted by molar-refractivity contribution is 7.15. The number of nitrogens with one attached hydrogen (secondary N) is 4. The van der Waals surface area contributed by atoms with Crippen LogP contribution in [-0.4, -0.2) is 96.3 Å². The van der Waals surface area contributed by atoms with Crippen molar-refractivity contribution in [3.63, 3.8) is 0 Å². The Labute approximate surface area is 343 Å². The normalized spacial score (nSPS) is 13.5. The van der Waals surface area contributed by atoms with E-state index < -0.39 is 23.4 Å². The fourth-order valence-corrected chi connectivity index (χ4v) is 7.68. The van der Waals surface area contributed by atoms with Gasteiger partial charge in [-0.3, -0.25) is 29.5 Å². The zero-order valence-corrected chi connectivity index (χ0v) is 34.1. The quantitative estimate of drug-likeness (QED) is 0.108. The predicted molar refractivity (Wildman–Crippen MR) is 223 cm³/mol. The average molecular weight is 823 g/mol. The molecule has 0 bridgehead atoms. The van der Waals surface area contributed by atoms with E-state index in [4.69, 9.17) is 0 Å². The van der Waals surface area contributed by atoms with E-state index in [1.807, 2.05) is 50.2 Å². The minimum Gasteiger partial charge on any atom is -0.346 e. The lowest BCUT2D eigenvalue weighted by Crippen LogP contribution is -2.49. The Hall–Kier alpha value is -6.24. The molecule has 0 spiro atoms. The maximum absolute atomic E-state index is 15.1. The van der Waals surface area contributed by atoms with Gasteiger partial charge in [-0.05, 0) is 70.5 Å². The van der Waals surface area contributed by atoms with Crippen molar-refractivity contribution < 1.29 is 23.2 Å². The molecule has 6 aromatic rings. The van der Waals surface area contributed by atoms with Gasteiger partial charge in [0.05, 0.1) is 41.7 Å². The SMILES string of the molecule is Cc1nc(NC(=O)c2ccccc2NC(=O)CNC(=O)CN2CCN(Cc3ccc(Nc4ncc(F)c(-c5cc(F)c6nc(C)n(C(C)C)c6c5)n4)nc3)CC2)sc1C. The number of fused-ring (bicyclic) bond motifs is 1. The van der Waals surface area contributed by atoms with Crippen LogP contribution in [-0.2, 0) is 16.1 Å². The van der Waals surface area contributed by atoms with E-state index in [-0.39, 0.29) is 53.3 Å². The second-order valence-corrected chi connectivity index (χ2v) is 15.8. The van der Waals surface area contributed by atoms with E-state index in [9.17, 15) is 14.4 Å². The van der Waals surface area contributed by atoms with Crippen LogP contribution in [0, 0.1) is 32.4 Å². The molecule has 3 amide bonds. The number of carbonyl (C=O) groups is 3. The van der Waals surface area contributed by atoms with Gasteiger partial charge in [-0.25, -0.2) is 33.7 Å². The molecule has 59 heavy (non-hydrogen) atoms. The summed E-state index contributed by atoms with van der Waals surface area (Å²) >= 11 is 1.38. The van der Waals surface area contributed by atoms with E-state index in [1.54, 1.807) is 42.6 Å². The monoisotopic (exact) mass is 822 g/mol. The fourth-order valence-electron chi connectivity index (χ4n) is 6.87. The Morgan fingerprint density at radius 3 is 2.32 bits per heavy atom. The number of pyridine rings is 1. The molecule has 0 aliphatic carbocycles. The number of benzene rings is 2. The third-order valence-corrected chi connectivity index (χ3v) is 10.9. The Morgan fingerprint density at radius 1 is 0.847 bits per heavy atom. The standard InChI is InChI=1S/C41H44F2N12O3S/c1-23(2)55-26(5)48-38-30(42)16-28(17-33(38)55)37-31(43)19-46-40(51-37)50-34-11-10-27(18-44-34)21-53-12-14-54(15-13-53)22-36(57)45-20-35(56)49-32-9-7-6-8-29(32)39(58)52-41-47-24(3)25(4)59-41/h6-11,16-19,23H,12-15,20-22H2,1-5H3,(H,45,57)(H,49,56)(H,47,52,58)(H,44,46,50,51). The molecular formula is C41H44F2N12O3S. The number of carbonyl (C=O) groups excluding carboxylic acids is 3. The van der Waals surface area contributed by atoms with Gasteiger partial charge in [-0.15, -0.1) is 11.3 Å². The van der Waals surface area contributed by atoms with E-state index in [0.29, 0.717) is 47.6 Å². The summed E-state index contributed by atoms with van der Waals surface area (Å²) in [5, 5.41) is 11.7. The van der Waals surface area contributed by atoms with Crippen LogP contribution in [0.1, 0.15) is 52.2 Å². The first-order chi connectivity index (χ1) is 28.3. The highest BCUT2D eigenvalue weighted by Crippen LogP contribution is 2.31. The average Bonchev–Trinajstić information content (AvgIpc) is 3.72. The molecule has 0 saturated carbocycles. The number of para-hydroxylation sites is 1. The number of nitrogens with zero attached hydrogens (tertiary/aromatic N) is 8. The number of thiazole rings is 1. The molecular weight excluding hydrogens is 779 g/mol. The number of hydrogen-bond donors (Lipinski definition) is 4. The van der Waals surface area contributed by atoms with Crippen molar-refractivity contribution in [1.29, 1.82) is 0 Å². The number of amides is 3. The van der Waals surface area contributed by atoms with E-state index in [1.165, 1.54) is 17.4 Å². The molecule has 0 radical (unpaired) electrons. The van der Waals surface area contributed by atoms with Gasteiger partial charge >= 0.3 is 0 Å². The van der Waals surface area contributed by atoms with Gasteiger partial charge in [0.25, 0.3) is 5.91 Å². The van der Waals surface area contributed by atoms with Gasteiger partial charge in [0.15, 0.2) is 16.8 Å². The Morgan fingerprint density at radius 2 is 1.61 bits per heavy atom. The van der Waals surface area contributed by atoms with Crippen LogP contribution in [0.15, 0.2) is 60.9 Å². The maximum atomic E-state index is 15.1. The molecule has 1 aliphatic heterocycles. The van der Waals surface area contributed by atoms with E-state index in [2.05, 4.69) is 51.1 Å². The molecule has 4 aromatic heterocycles.